The van der Waals surface area contributed by atoms with Gasteiger partial charge in [-0.25, -0.2) is 0 Å². The lowest BCUT2D eigenvalue weighted by molar-refractivity contribution is -0.174. The van der Waals surface area contributed by atoms with Gasteiger partial charge < -0.3 is 14.2 Å². The maximum atomic E-state index is 12.5. The molecule has 1 atom stereocenters. The first kappa shape index (κ1) is 23.7. The molecule has 0 aliphatic carbocycles. The van der Waals surface area contributed by atoms with Crippen LogP contribution in [0.2, 0.25) is 0 Å². The van der Waals surface area contributed by atoms with Crippen LogP contribution in [0.3, 0.4) is 0 Å². The number of carbonyl (C=O) groups is 1. The van der Waals surface area contributed by atoms with E-state index in [9.17, 15) is 26.4 Å². The van der Waals surface area contributed by atoms with Crippen LogP contribution in [-0.4, -0.2) is 39.8 Å². The van der Waals surface area contributed by atoms with Gasteiger partial charge in [-0.05, 0) is 62.2 Å². The quantitative estimate of drug-likeness (QED) is 0.626. The van der Waals surface area contributed by atoms with Crippen LogP contribution >= 0.6 is 0 Å². The molecular formula is C20H22F3NO5S. The molecule has 0 saturated carbocycles. The average Bonchev–Trinajstić information content (AvgIpc) is 2.62. The van der Waals surface area contributed by atoms with Crippen molar-refractivity contribution in [1.82, 2.24) is 5.32 Å². The zero-order valence-corrected chi connectivity index (χ0v) is 17.4. The first-order valence-corrected chi connectivity index (χ1v) is 10.4. The zero-order chi connectivity index (χ0) is 22.5. The number of rotatable bonds is 8. The molecule has 2 aromatic carbocycles. The number of amides is 1. The highest BCUT2D eigenvalue weighted by atomic mass is 32.2. The van der Waals surface area contributed by atoms with E-state index in [2.05, 4.69) is 10.1 Å². The number of hydrogen-bond acceptors (Lipinski definition) is 5. The van der Waals surface area contributed by atoms with Gasteiger partial charge in [-0.1, -0.05) is 12.1 Å². The highest BCUT2D eigenvalue weighted by Crippen LogP contribution is 2.23. The topological polar surface area (TPSA) is 81.7 Å². The first-order chi connectivity index (χ1) is 13.9. The summed E-state index contributed by atoms with van der Waals surface area (Å²) in [4.78, 5) is 12.2. The largest absolute Gasteiger partial charge is 0.411 e. The molecule has 1 amide bonds. The van der Waals surface area contributed by atoms with Gasteiger partial charge in [0.25, 0.3) is 5.91 Å². The normalized spacial score (nSPS) is 13.0. The SMILES string of the molecule is Cc1ccc(C)c(S(=O)(=O)Oc2ccc(C(=O)NC(C)COCC(F)(F)F)cc2)c1. The third-order valence-electron chi connectivity index (χ3n) is 3.95. The summed E-state index contributed by atoms with van der Waals surface area (Å²) in [6.45, 7) is 3.22. The Morgan fingerprint density at radius 1 is 1.10 bits per heavy atom. The molecule has 0 heterocycles. The van der Waals surface area contributed by atoms with E-state index in [-0.39, 0.29) is 22.8 Å². The predicted molar refractivity (Wildman–Crippen MR) is 104 cm³/mol. The number of hydrogen-bond donors (Lipinski definition) is 1. The molecule has 0 radical (unpaired) electrons. The molecule has 1 N–H and O–H groups in total. The van der Waals surface area contributed by atoms with Crippen LogP contribution in [0.5, 0.6) is 5.75 Å². The Balaban J connectivity index is 1.99. The molecular weight excluding hydrogens is 423 g/mol. The lowest BCUT2D eigenvalue weighted by atomic mass is 10.2. The fraction of sp³-hybridized carbons (Fsp3) is 0.350. The fourth-order valence-corrected chi connectivity index (χ4v) is 3.76. The molecule has 0 aliphatic rings. The van der Waals surface area contributed by atoms with Gasteiger partial charge in [0.05, 0.1) is 6.61 Å². The van der Waals surface area contributed by atoms with Gasteiger partial charge in [0.2, 0.25) is 0 Å². The summed E-state index contributed by atoms with van der Waals surface area (Å²) in [7, 11) is -4.05. The second kappa shape index (κ2) is 9.48. The molecule has 2 aromatic rings. The van der Waals surface area contributed by atoms with E-state index >= 15 is 0 Å². The number of benzene rings is 2. The van der Waals surface area contributed by atoms with Crippen LogP contribution in [0, 0.1) is 13.8 Å². The van der Waals surface area contributed by atoms with Crippen molar-refractivity contribution >= 4 is 16.0 Å². The van der Waals surface area contributed by atoms with E-state index in [1.54, 1.807) is 26.0 Å². The number of ether oxygens (including phenoxy) is 1. The summed E-state index contributed by atoms with van der Waals surface area (Å²) < 4.78 is 70.9. The van der Waals surface area contributed by atoms with Gasteiger partial charge in [-0.3, -0.25) is 4.79 Å². The van der Waals surface area contributed by atoms with Crippen LogP contribution in [0.25, 0.3) is 0 Å². The van der Waals surface area contributed by atoms with Crippen LogP contribution in [0.15, 0.2) is 47.4 Å². The second-order valence-electron chi connectivity index (χ2n) is 6.84. The Morgan fingerprint density at radius 3 is 2.33 bits per heavy atom. The first-order valence-electron chi connectivity index (χ1n) is 8.94. The molecule has 0 saturated heterocycles. The smallest absolute Gasteiger partial charge is 0.379 e. The minimum absolute atomic E-state index is 0.0222. The predicted octanol–water partition coefficient (Wildman–Crippen LogP) is 3.77. The van der Waals surface area contributed by atoms with E-state index in [4.69, 9.17) is 4.18 Å². The molecule has 10 heteroatoms. The number of aryl methyl sites for hydroxylation is 2. The van der Waals surface area contributed by atoms with Gasteiger partial charge in [0.15, 0.2) is 0 Å². The zero-order valence-electron chi connectivity index (χ0n) is 16.6. The third-order valence-corrected chi connectivity index (χ3v) is 5.34. The Labute approximate surface area is 173 Å². The molecule has 0 aromatic heterocycles. The number of halogens is 3. The average molecular weight is 445 g/mol. The van der Waals surface area contributed by atoms with Crippen molar-refractivity contribution in [2.24, 2.45) is 0 Å². The molecule has 6 nitrogen and oxygen atoms in total. The summed E-state index contributed by atoms with van der Waals surface area (Å²) in [6.07, 6.45) is -4.43. The van der Waals surface area contributed by atoms with E-state index in [0.29, 0.717) is 5.56 Å². The molecule has 0 spiro atoms. The second-order valence-corrected chi connectivity index (χ2v) is 8.35. The van der Waals surface area contributed by atoms with E-state index in [0.717, 1.165) is 5.56 Å². The molecule has 0 fully saturated rings. The van der Waals surface area contributed by atoms with Gasteiger partial charge >= 0.3 is 16.3 Å². The van der Waals surface area contributed by atoms with Crippen LogP contribution < -0.4 is 9.50 Å². The van der Waals surface area contributed by atoms with Gasteiger partial charge in [0.1, 0.15) is 17.3 Å². The summed E-state index contributed by atoms with van der Waals surface area (Å²) in [5.74, 6) is -0.518. The molecule has 164 valence electrons. The lowest BCUT2D eigenvalue weighted by Crippen LogP contribution is -2.36. The minimum atomic E-state index is -4.43. The van der Waals surface area contributed by atoms with Crippen molar-refractivity contribution in [1.29, 1.82) is 0 Å². The maximum Gasteiger partial charge on any atom is 0.411 e. The maximum absolute atomic E-state index is 12.5. The number of nitrogens with one attached hydrogen (secondary N) is 1. The Hall–Kier alpha value is -2.59. The molecule has 2 rings (SSSR count). The Morgan fingerprint density at radius 2 is 1.73 bits per heavy atom. The monoisotopic (exact) mass is 445 g/mol. The van der Waals surface area contributed by atoms with E-state index in [1.165, 1.54) is 37.3 Å². The van der Waals surface area contributed by atoms with E-state index in [1.807, 2.05) is 0 Å². The van der Waals surface area contributed by atoms with Crippen molar-refractivity contribution in [2.75, 3.05) is 13.2 Å². The minimum Gasteiger partial charge on any atom is -0.379 e. The summed E-state index contributed by atoms with van der Waals surface area (Å²) >= 11 is 0. The standard InChI is InChI=1S/C20H22F3NO5S/c1-13-4-5-14(2)18(10-13)30(26,27)29-17-8-6-16(7-9-17)19(25)24-15(3)11-28-12-20(21,22)23/h4-10,15H,11-12H2,1-3H3,(H,24,25). The van der Waals surface area contributed by atoms with Crippen molar-refractivity contribution < 1.29 is 35.3 Å². The molecule has 0 aliphatic heterocycles. The Kier molecular flexibility index (Phi) is 7.49. The van der Waals surface area contributed by atoms with Crippen LogP contribution in [0.1, 0.15) is 28.4 Å². The highest BCUT2D eigenvalue weighted by Gasteiger charge is 2.27. The summed E-state index contributed by atoms with van der Waals surface area (Å²) in [5.41, 5.74) is 1.50. The fourth-order valence-electron chi connectivity index (χ4n) is 2.51. The van der Waals surface area contributed by atoms with Crippen LogP contribution in [0.4, 0.5) is 13.2 Å². The molecule has 1 unspecified atom stereocenters. The van der Waals surface area contributed by atoms with Gasteiger partial charge in [-0.15, -0.1) is 0 Å². The van der Waals surface area contributed by atoms with Gasteiger partial charge in [0, 0.05) is 11.6 Å². The lowest BCUT2D eigenvalue weighted by Gasteiger charge is -2.15. The Bertz CT molecular complexity index is 988. The van der Waals surface area contributed by atoms with Gasteiger partial charge in [-0.2, -0.15) is 21.6 Å². The molecule has 30 heavy (non-hydrogen) atoms. The van der Waals surface area contributed by atoms with Crippen LogP contribution in [-0.2, 0) is 14.9 Å². The summed E-state index contributed by atoms with van der Waals surface area (Å²) in [6, 6.07) is 9.68. The molecule has 0 bridgehead atoms. The van der Waals surface area contributed by atoms with Crippen molar-refractivity contribution in [3.8, 4) is 5.75 Å². The van der Waals surface area contributed by atoms with E-state index < -0.39 is 34.9 Å². The van der Waals surface area contributed by atoms with Crippen molar-refractivity contribution in [3.63, 3.8) is 0 Å². The third kappa shape index (κ3) is 7.03. The van der Waals surface area contributed by atoms with Crippen molar-refractivity contribution in [2.45, 2.75) is 37.9 Å². The van der Waals surface area contributed by atoms with Crippen molar-refractivity contribution in [3.05, 3.63) is 59.2 Å². The highest BCUT2D eigenvalue weighted by molar-refractivity contribution is 7.87. The summed E-state index contributed by atoms with van der Waals surface area (Å²) in [5, 5.41) is 2.50. The number of alkyl halides is 3. The number of carbonyl (C=O) groups excluding carboxylic acids is 1.